The van der Waals surface area contributed by atoms with E-state index in [4.69, 9.17) is 0 Å². The Balaban J connectivity index is 3.07. The smallest absolute Gasteiger partial charge is 0.0540 e. The summed E-state index contributed by atoms with van der Waals surface area (Å²) in [6.45, 7) is 6.70. The highest BCUT2D eigenvalue weighted by Gasteiger charge is 2.03. The van der Waals surface area contributed by atoms with Crippen molar-refractivity contribution in [1.29, 1.82) is 0 Å². The molecule has 2 nitrogen and oxygen atoms in total. The standard InChI is InChI=1S/C20H43NO/c1-3-5-6-14-17-20(22)18-15-12-10-8-7-9-11-13-16-19-21-4-2/h20-22H,3-19H2,1-2H3/t20-/m1/s1. The van der Waals surface area contributed by atoms with Crippen LogP contribution in [0.1, 0.15) is 110 Å². The minimum atomic E-state index is -0.0337. The van der Waals surface area contributed by atoms with E-state index in [1.54, 1.807) is 0 Å². The zero-order valence-corrected chi connectivity index (χ0v) is 15.5. The van der Waals surface area contributed by atoms with Gasteiger partial charge in [0, 0.05) is 0 Å². The first kappa shape index (κ1) is 21.9. The van der Waals surface area contributed by atoms with Gasteiger partial charge in [0.05, 0.1) is 6.10 Å². The van der Waals surface area contributed by atoms with E-state index in [9.17, 15) is 5.11 Å². The van der Waals surface area contributed by atoms with Gasteiger partial charge in [0.15, 0.2) is 0 Å². The highest BCUT2D eigenvalue weighted by Crippen LogP contribution is 2.14. The average molecular weight is 314 g/mol. The zero-order valence-electron chi connectivity index (χ0n) is 15.5. The van der Waals surface area contributed by atoms with Gasteiger partial charge in [-0.25, -0.2) is 0 Å². The van der Waals surface area contributed by atoms with Crippen LogP contribution in [0.5, 0.6) is 0 Å². The third-order valence-electron chi connectivity index (χ3n) is 4.53. The van der Waals surface area contributed by atoms with Gasteiger partial charge in [0.25, 0.3) is 0 Å². The Morgan fingerprint density at radius 1 is 0.636 bits per heavy atom. The van der Waals surface area contributed by atoms with E-state index in [2.05, 4.69) is 19.2 Å². The maximum absolute atomic E-state index is 9.90. The molecule has 0 spiro atoms. The van der Waals surface area contributed by atoms with Gasteiger partial charge in [-0.15, -0.1) is 0 Å². The minimum Gasteiger partial charge on any atom is -0.393 e. The quantitative estimate of drug-likeness (QED) is 0.312. The van der Waals surface area contributed by atoms with Gasteiger partial charge in [-0.3, -0.25) is 0 Å². The molecule has 0 radical (unpaired) electrons. The summed E-state index contributed by atoms with van der Waals surface area (Å²) in [6, 6.07) is 0. The van der Waals surface area contributed by atoms with Crippen molar-refractivity contribution in [2.75, 3.05) is 13.1 Å². The minimum absolute atomic E-state index is 0.0337. The van der Waals surface area contributed by atoms with Gasteiger partial charge >= 0.3 is 0 Å². The molecule has 0 aromatic heterocycles. The largest absolute Gasteiger partial charge is 0.393 e. The van der Waals surface area contributed by atoms with E-state index >= 15 is 0 Å². The molecule has 0 amide bonds. The lowest BCUT2D eigenvalue weighted by molar-refractivity contribution is 0.147. The molecule has 0 heterocycles. The molecule has 22 heavy (non-hydrogen) atoms. The maximum atomic E-state index is 9.90. The van der Waals surface area contributed by atoms with Crippen LogP contribution in [-0.2, 0) is 0 Å². The van der Waals surface area contributed by atoms with Crippen molar-refractivity contribution in [3.8, 4) is 0 Å². The van der Waals surface area contributed by atoms with Crippen LogP contribution in [0.4, 0.5) is 0 Å². The summed E-state index contributed by atoms with van der Waals surface area (Å²) >= 11 is 0. The summed E-state index contributed by atoms with van der Waals surface area (Å²) in [7, 11) is 0. The summed E-state index contributed by atoms with van der Waals surface area (Å²) < 4.78 is 0. The third kappa shape index (κ3) is 18.0. The van der Waals surface area contributed by atoms with Crippen molar-refractivity contribution in [2.24, 2.45) is 0 Å². The molecule has 2 heteroatoms. The van der Waals surface area contributed by atoms with Gasteiger partial charge in [-0.2, -0.15) is 0 Å². The molecule has 1 atom stereocenters. The lowest BCUT2D eigenvalue weighted by Gasteiger charge is -2.10. The topological polar surface area (TPSA) is 32.3 Å². The molecule has 0 aliphatic rings. The fourth-order valence-corrected chi connectivity index (χ4v) is 3.00. The number of unbranched alkanes of at least 4 members (excludes halogenated alkanes) is 11. The second kappa shape index (κ2) is 19.0. The normalized spacial score (nSPS) is 12.7. The molecule has 0 saturated carbocycles. The van der Waals surface area contributed by atoms with Crippen molar-refractivity contribution in [1.82, 2.24) is 5.32 Å². The zero-order chi connectivity index (χ0) is 16.3. The Bertz CT molecular complexity index is 196. The molecule has 134 valence electrons. The van der Waals surface area contributed by atoms with Gasteiger partial charge in [0.2, 0.25) is 0 Å². The van der Waals surface area contributed by atoms with Crippen LogP contribution in [0.3, 0.4) is 0 Å². The Morgan fingerprint density at radius 3 is 1.59 bits per heavy atom. The predicted molar refractivity (Wildman–Crippen MR) is 99.5 cm³/mol. The first-order chi connectivity index (χ1) is 10.8. The summed E-state index contributed by atoms with van der Waals surface area (Å²) in [5.74, 6) is 0. The molecule has 0 aliphatic carbocycles. The second-order valence-electron chi connectivity index (χ2n) is 6.83. The second-order valence-corrected chi connectivity index (χ2v) is 6.83. The Labute approximate surface area is 140 Å². The summed E-state index contributed by atoms with van der Waals surface area (Å²) in [5.41, 5.74) is 0. The van der Waals surface area contributed by atoms with Crippen molar-refractivity contribution in [2.45, 2.75) is 116 Å². The number of aliphatic hydroxyl groups excluding tert-OH is 1. The van der Waals surface area contributed by atoms with Crippen molar-refractivity contribution >= 4 is 0 Å². The lowest BCUT2D eigenvalue weighted by atomic mass is 10.0. The maximum Gasteiger partial charge on any atom is 0.0540 e. The van der Waals surface area contributed by atoms with Crippen molar-refractivity contribution in [3.05, 3.63) is 0 Å². The van der Waals surface area contributed by atoms with Gasteiger partial charge in [-0.05, 0) is 32.4 Å². The summed E-state index contributed by atoms with van der Waals surface area (Å²) in [5, 5.41) is 13.3. The van der Waals surface area contributed by atoms with Crippen LogP contribution < -0.4 is 5.32 Å². The van der Waals surface area contributed by atoms with Crippen LogP contribution in [0.25, 0.3) is 0 Å². The van der Waals surface area contributed by atoms with Crippen molar-refractivity contribution < 1.29 is 5.11 Å². The van der Waals surface area contributed by atoms with E-state index < -0.39 is 0 Å². The van der Waals surface area contributed by atoms with Crippen molar-refractivity contribution in [3.63, 3.8) is 0 Å². The fraction of sp³-hybridized carbons (Fsp3) is 1.00. The first-order valence-corrected chi connectivity index (χ1v) is 10.2. The fourth-order valence-electron chi connectivity index (χ4n) is 3.00. The van der Waals surface area contributed by atoms with Gasteiger partial charge < -0.3 is 10.4 Å². The molecular weight excluding hydrogens is 270 g/mol. The molecule has 0 rings (SSSR count). The average Bonchev–Trinajstić information content (AvgIpc) is 2.52. The summed E-state index contributed by atoms with van der Waals surface area (Å²) in [6.07, 6.45) is 19.3. The monoisotopic (exact) mass is 313 g/mol. The molecule has 0 aromatic carbocycles. The lowest BCUT2D eigenvalue weighted by Crippen LogP contribution is -2.13. The molecule has 0 aliphatic heterocycles. The van der Waals surface area contributed by atoms with Gasteiger partial charge in [-0.1, -0.05) is 90.9 Å². The van der Waals surface area contributed by atoms with Crippen LogP contribution in [-0.4, -0.2) is 24.3 Å². The van der Waals surface area contributed by atoms with Crippen LogP contribution in [0.2, 0.25) is 0 Å². The Morgan fingerprint density at radius 2 is 1.09 bits per heavy atom. The molecule has 0 fully saturated rings. The number of rotatable bonds is 18. The van der Waals surface area contributed by atoms with E-state index in [0.29, 0.717) is 0 Å². The van der Waals surface area contributed by atoms with Gasteiger partial charge in [0.1, 0.15) is 0 Å². The van der Waals surface area contributed by atoms with E-state index in [-0.39, 0.29) is 6.10 Å². The Hall–Kier alpha value is -0.0800. The van der Waals surface area contributed by atoms with E-state index in [1.165, 1.54) is 90.0 Å². The number of nitrogens with one attached hydrogen (secondary N) is 1. The highest BCUT2D eigenvalue weighted by molar-refractivity contribution is 4.57. The van der Waals surface area contributed by atoms with Crippen LogP contribution in [0.15, 0.2) is 0 Å². The Kier molecular flexibility index (Phi) is 18.9. The molecule has 0 aromatic rings. The van der Waals surface area contributed by atoms with Crippen LogP contribution >= 0.6 is 0 Å². The van der Waals surface area contributed by atoms with E-state index in [1.807, 2.05) is 0 Å². The number of hydrogen-bond acceptors (Lipinski definition) is 2. The molecule has 0 bridgehead atoms. The molecular formula is C20H43NO. The third-order valence-corrected chi connectivity index (χ3v) is 4.53. The molecule has 0 unspecified atom stereocenters. The highest BCUT2D eigenvalue weighted by atomic mass is 16.3. The SMILES string of the molecule is CCCCCC[C@@H](O)CCCCCCCCCCCNCC. The predicted octanol–water partition coefficient (Wildman–Crippen LogP) is 5.83. The number of hydrogen-bond donors (Lipinski definition) is 2. The van der Waals surface area contributed by atoms with Crippen LogP contribution in [0, 0.1) is 0 Å². The molecule has 0 saturated heterocycles. The number of aliphatic hydroxyl groups is 1. The summed E-state index contributed by atoms with van der Waals surface area (Å²) in [4.78, 5) is 0. The molecule has 2 N–H and O–H groups in total. The van der Waals surface area contributed by atoms with E-state index in [0.717, 1.165) is 19.4 Å². The first-order valence-electron chi connectivity index (χ1n) is 10.2.